The molecule has 11 rings (SSSR count). The van der Waals surface area contributed by atoms with E-state index in [1.807, 2.05) is 22.7 Å². The Hall–Kier alpha value is -6.78. The van der Waals surface area contributed by atoms with Crippen molar-refractivity contribution in [2.75, 3.05) is 4.90 Å². The SMILES string of the molecule is c1ccc(-c2ccccc2-c2ccccc2-c2ccccc2N(c2cccc(-c3cccc4c3sc3ccccc34)c2)c2cccc3sc4ccccc4c23)cc1. The van der Waals surface area contributed by atoms with Crippen LogP contribution in [-0.2, 0) is 0 Å². The lowest BCUT2D eigenvalue weighted by molar-refractivity contribution is 1.30. The first kappa shape index (κ1) is 33.5. The number of fused-ring (bicyclic) bond motifs is 6. The standard InChI is InChI=1S/C54H35NS2/c1-2-17-36(18-3-1)39-21-4-5-22-41(39)42-23-6-7-24-43(42)44-25-8-11-30-48(44)55(49-31-16-34-52-53(49)47-27-10-13-33-51(47)56-52)38-20-14-19-37(35-38)40-28-15-29-46-45-26-9-12-32-50(45)57-54(40)46/h1-35H. The lowest BCUT2D eigenvalue weighted by Gasteiger charge is -2.29. The van der Waals surface area contributed by atoms with Crippen LogP contribution in [0, 0.1) is 0 Å². The number of thiophene rings is 2. The van der Waals surface area contributed by atoms with Gasteiger partial charge in [0.2, 0.25) is 0 Å². The molecule has 0 atom stereocenters. The van der Waals surface area contributed by atoms with Gasteiger partial charge in [-0.25, -0.2) is 0 Å². The van der Waals surface area contributed by atoms with Gasteiger partial charge in [-0.1, -0.05) is 170 Å². The van der Waals surface area contributed by atoms with Gasteiger partial charge in [-0.15, -0.1) is 22.7 Å². The lowest BCUT2D eigenvalue weighted by Crippen LogP contribution is -2.12. The van der Waals surface area contributed by atoms with Gasteiger partial charge in [0, 0.05) is 51.6 Å². The number of para-hydroxylation sites is 1. The van der Waals surface area contributed by atoms with Gasteiger partial charge < -0.3 is 4.90 Å². The van der Waals surface area contributed by atoms with E-state index in [9.17, 15) is 0 Å². The van der Waals surface area contributed by atoms with Crippen molar-refractivity contribution in [2.45, 2.75) is 0 Å². The van der Waals surface area contributed by atoms with E-state index in [1.165, 1.54) is 84.9 Å². The van der Waals surface area contributed by atoms with Crippen LogP contribution in [0.4, 0.5) is 17.1 Å². The minimum atomic E-state index is 1.11. The van der Waals surface area contributed by atoms with Crippen molar-refractivity contribution < 1.29 is 0 Å². The van der Waals surface area contributed by atoms with Gasteiger partial charge >= 0.3 is 0 Å². The molecule has 268 valence electrons. The van der Waals surface area contributed by atoms with Gasteiger partial charge in [-0.3, -0.25) is 0 Å². The fourth-order valence-corrected chi connectivity index (χ4v) is 10.9. The third-order valence-corrected chi connectivity index (χ3v) is 13.5. The Morgan fingerprint density at radius 1 is 0.298 bits per heavy atom. The van der Waals surface area contributed by atoms with Crippen LogP contribution in [0.1, 0.15) is 0 Å². The zero-order chi connectivity index (χ0) is 37.7. The predicted octanol–water partition coefficient (Wildman–Crippen LogP) is 16.6. The molecule has 0 aliphatic heterocycles. The van der Waals surface area contributed by atoms with Crippen LogP contribution in [0.3, 0.4) is 0 Å². The Balaban J connectivity index is 1.16. The number of hydrogen-bond acceptors (Lipinski definition) is 3. The molecule has 0 bridgehead atoms. The summed E-state index contributed by atoms with van der Waals surface area (Å²) in [5.41, 5.74) is 13.1. The van der Waals surface area contributed by atoms with Crippen LogP contribution in [0.15, 0.2) is 212 Å². The Morgan fingerprint density at radius 2 is 0.807 bits per heavy atom. The summed E-state index contributed by atoms with van der Waals surface area (Å²) in [7, 11) is 0. The molecule has 0 unspecified atom stereocenters. The summed E-state index contributed by atoms with van der Waals surface area (Å²) in [6.45, 7) is 0. The second-order valence-electron chi connectivity index (χ2n) is 14.4. The first-order valence-electron chi connectivity index (χ1n) is 19.3. The molecule has 0 saturated carbocycles. The van der Waals surface area contributed by atoms with Crippen LogP contribution in [-0.4, -0.2) is 0 Å². The number of nitrogens with zero attached hydrogens (tertiary/aromatic N) is 1. The molecule has 9 aromatic carbocycles. The minimum absolute atomic E-state index is 1.11. The molecule has 0 spiro atoms. The molecule has 57 heavy (non-hydrogen) atoms. The molecule has 2 heterocycles. The summed E-state index contributed by atoms with van der Waals surface area (Å²) >= 11 is 3.74. The van der Waals surface area contributed by atoms with E-state index in [2.05, 4.69) is 217 Å². The van der Waals surface area contributed by atoms with Gasteiger partial charge in [0.05, 0.1) is 11.4 Å². The first-order chi connectivity index (χ1) is 28.3. The van der Waals surface area contributed by atoms with E-state index in [0.717, 1.165) is 17.1 Å². The molecular weight excluding hydrogens is 727 g/mol. The van der Waals surface area contributed by atoms with Crippen LogP contribution in [0.2, 0.25) is 0 Å². The van der Waals surface area contributed by atoms with Gasteiger partial charge in [-0.05, 0) is 81.4 Å². The van der Waals surface area contributed by atoms with Crippen molar-refractivity contribution in [3.63, 3.8) is 0 Å². The maximum absolute atomic E-state index is 2.51. The van der Waals surface area contributed by atoms with E-state index < -0.39 is 0 Å². The number of hydrogen-bond donors (Lipinski definition) is 0. The van der Waals surface area contributed by atoms with E-state index in [1.54, 1.807) is 0 Å². The fraction of sp³-hybridized carbons (Fsp3) is 0. The highest BCUT2D eigenvalue weighted by atomic mass is 32.1. The molecule has 1 nitrogen and oxygen atoms in total. The highest BCUT2D eigenvalue weighted by Gasteiger charge is 2.23. The Labute approximate surface area is 340 Å². The fourth-order valence-electron chi connectivity index (χ4n) is 8.57. The van der Waals surface area contributed by atoms with E-state index >= 15 is 0 Å². The van der Waals surface area contributed by atoms with E-state index in [4.69, 9.17) is 0 Å². The number of benzene rings is 9. The van der Waals surface area contributed by atoms with Crippen LogP contribution >= 0.6 is 22.7 Å². The first-order valence-corrected chi connectivity index (χ1v) is 21.0. The second kappa shape index (κ2) is 14.1. The maximum atomic E-state index is 2.51. The van der Waals surface area contributed by atoms with Crippen LogP contribution in [0.5, 0.6) is 0 Å². The third-order valence-electron chi connectivity index (χ3n) is 11.1. The Morgan fingerprint density at radius 3 is 1.61 bits per heavy atom. The lowest BCUT2D eigenvalue weighted by atomic mass is 9.88. The predicted molar refractivity (Wildman–Crippen MR) is 249 cm³/mol. The summed E-state index contributed by atoms with van der Waals surface area (Å²) in [4.78, 5) is 2.51. The van der Waals surface area contributed by atoms with Crippen molar-refractivity contribution in [3.05, 3.63) is 212 Å². The molecule has 0 saturated heterocycles. The number of anilines is 3. The molecular formula is C54H35NS2. The summed E-state index contributed by atoms with van der Waals surface area (Å²) < 4.78 is 5.20. The van der Waals surface area contributed by atoms with Crippen molar-refractivity contribution in [1.82, 2.24) is 0 Å². The maximum Gasteiger partial charge on any atom is 0.0555 e. The van der Waals surface area contributed by atoms with Gasteiger partial charge in [0.1, 0.15) is 0 Å². The van der Waals surface area contributed by atoms with E-state index in [-0.39, 0.29) is 0 Å². The zero-order valence-electron chi connectivity index (χ0n) is 31.0. The summed E-state index contributed by atoms with van der Waals surface area (Å²) in [6.07, 6.45) is 0. The van der Waals surface area contributed by atoms with Crippen LogP contribution in [0.25, 0.3) is 84.9 Å². The molecule has 0 aliphatic rings. The molecule has 0 amide bonds. The van der Waals surface area contributed by atoms with Crippen molar-refractivity contribution in [2.24, 2.45) is 0 Å². The average molecular weight is 762 g/mol. The molecule has 11 aromatic rings. The highest BCUT2D eigenvalue weighted by Crippen LogP contribution is 2.50. The molecule has 0 fully saturated rings. The Bertz CT molecular complexity index is 3260. The Kier molecular flexibility index (Phi) is 8.28. The normalized spacial score (nSPS) is 11.5. The highest BCUT2D eigenvalue weighted by molar-refractivity contribution is 7.26. The number of rotatable bonds is 7. The second-order valence-corrected chi connectivity index (χ2v) is 16.5. The van der Waals surface area contributed by atoms with Gasteiger partial charge in [0.25, 0.3) is 0 Å². The minimum Gasteiger partial charge on any atom is -0.309 e. The summed E-state index contributed by atoms with van der Waals surface area (Å²) in [6, 6.07) is 77.6. The van der Waals surface area contributed by atoms with Crippen molar-refractivity contribution >= 4 is 80.1 Å². The van der Waals surface area contributed by atoms with Crippen molar-refractivity contribution in [3.8, 4) is 44.5 Å². The molecule has 3 heteroatoms. The van der Waals surface area contributed by atoms with E-state index in [0.29, 0.717) is 0 Å². The average Bonchev–Trinajstić information content (AvgIpc) is 3.86. The third kappa shape index (κ3) is 5.74. The van der Waals surface area contributed by atoms with Crippen molar-refractivity contribution in [1.29, 1.82) is 0 Å². The largest absolute Gasteiger partial charge is 0.309 e. The van der Waals surface area contributed by atoms with Crippen LogP contribution < -0.4 is 4.90 Å². The molecule has 0 radical (unpaired) electrons. The monoisotopic (exact) mass is 761 g/mol. The summed E-state index contributed by atoms with van der Waals surface area (Å²) in [5.74, 6) is 0. The topological polar surface area (TPSA) is 3.24 Å². The quantitative estimate of drug-likeness (QED) is 0.156. The van der Waals surface area contributed by atoms with Gasteiger partial charge in [-0.2, -0.15) is 0 Å². The molecule has 0 N–H and O–H groups in total. The molecule has 0 aliphatic carbocycles. The molecule has 2 aromatic heterocycles. The van der Waals surface area contributed by atoms with Gasteiger partial charge in [0.15, 0.2) is 0 Å². The smallest absolute Gasteiger partial charge is 0.0555 e. The zero-order valence-corrected chi connectivity index (χ0v) is 32.6. The summed E-state index contributed by atoms with van der Waals surface area (Å²) in [5, 5.41) is 5.17.